The van der Waals surface area contributed by atoms with E-state index in [1.807, 2.05) is 4.57 Å². The molecular weight excluding hydrogens is 437 g/mol. The Morgan fingerprint density at radius 1 is 1.22 bits per heavy atom. The number of carbonyl (C=O) groups excluding carboxylic acids is 1. The predicted octanol–water partition coefficient (Wildman–Crippen LogP) is 3.39. The van der Waals surface area contributed by atoms with Crippen molar-refractivity contribution in [2.45, 2.75) is 37.8 Å². The number of benzene rings is 1. The molecule has 9 nitrogen and oxygen atoms in total. The minimum absolute atomic E-state index is 0.0124. The number of para-hydroxylation sites is 1. The van der Waals surface area contributed by atoms with Gasteiger partial charge in [0.25, 0.3) is 0 Å². The maximum Gasteiger partial charge on any atom is 0.225 e. The quantitative estimate of drug-likeness (QED) is 0.516. The molecule has 0 radical (unpaired) electrons. The first-order valence-electron chi connectivity index (χ1n) is 10.6. The molecule has 2 aromatic heterocycles. The minimum Gasteiger partial charge on any atom is -0.377 e. The summed E-state index contributed by atoms with van der Waals surface area (Å²) in [7, 11) is 0. The number of nitrogens with one attached hydrogen (secondary N) is 2. The molecule has 3 aromatic rings. The maximum absolute atomic E-state index is 14.5. The van der Waals surface area contributed by atoms with Gasteiger partial charge in [-0.15, -0.1) is 0 Å². The Kier molecular flexibility index (Phi) is 5.56. The van der Waals surface area contributed by atoms with Gasteiger partial charge in [0.1, 0.15) is 11.3 Å². The minimum atomic E-state index is -0.480. The summed E-state index contributed by atoms with van der Waals surface area (Å²) in [6, 6.07) is 4.68. The van der Waals surface area contributed by atoms with Crippen molar-refractivity contribution in [1.82, 2.24) is 19.5 Å². The van der Waals surface area contributed by atoms with E-state index in [9.17, 15) is 9.18 Å². The molecule has 2 fully saturated rings. The summed E-state index contributed by atoms with van der Waals surface area (Å²) in [5.74, 6) is 0.0176. The van der Waals surface area contributed by atoms with E-state index in [-0.39, 0.29) is 34.6 Å². The molecule has 1 aliphatic carbocycles. The average molecular weight is 460 g/mol. The first-order valence-corrected chi connectivity index (χ1v) is 11.0. The molecule has 1 saturated heterocycles. The summed E-state index contributed by atoms with van der Waals surface area (Å²) < 4.78 is 21.6. The van der Waals surface area contributed by atoms with Gasteiger partial charge >= 0.3 is 0 Å². The lowest BCUT2D eigenvalue weighted by Gasteiger charge is -2.29. The van der Waals surface area contributed by atoms with Gasteiger partial charge in [-0.25, -0.2) is 14.4 Å². The van der Waals surface area contributed by atoms with Crippen molar-refractivity contribution in [2.24, 2.45) is 11.7 Å². The third-order valence-corrected chi connectivity index (χ3v) is 6.38. The van der Waals surface area contributed by atoms with Crippen LogP contribution in [0.2, 0.25) is 5.02 Å². The fraction of sp³-hybridized carbons (Fsp3) is 0.429. The second-order valence-corrected chi connectivity index (χ2v) is 8.62. The van der Waals surface area contributed by atoms with Crippen LogP contribution >= 0.6 is 11.6 Å². The highest BCUT2D eigenvalue weighted by Crippen LogP contribution is 2.38. The van der Waals surface area contributed by atoms with Crippen molar-refractivity contribution >= 4 is 46.3 Å². The molecule has 32 heavy (non-hydrogen) atoms. The normalized spacial score (nSPS) is 21.3. The van der Waals surface area contributed by atoms with E-state index in [2.05, 4.69) is 20.6 Å². The first kappa shape index (κ1) is 20.9. The lowest BCUT2D eigenvalue weighted by molar-refractivity contribution is -0.122. The van der Waals surface area contributed by atoms with Crippen LogP contribution in [0.5, 0.6) is 0 Å². The number of anilines is 3. The van der Waals surface area contributed by atoms with Crippen molar-refractivity contribution in [2.75, 3.05) is 23.8 Å². The molecule has 1 saturated carbocycles. The molecule has 3 heterocycles. The Bertz CT molecular complexity index is 1140. The molecule has 2 aliphatic rings. The lowest BCUT2D eigenvalue weighted by atomic mass is 9.85. The number of halogens is 2. The van der Waals surface area contributed by atoms with Crippen LogP contribution in [0.4, 0.5) is 22.0 Å². The molecule has 4 N–H and O–H groups in total. The van der Waals surface area contributed by atoms with Gasteiger partial charge in [0.15, 0.2) is 5.65 Å². The largest absolute Gasteiger partial charge is 0.377 e. The van der Waals surface area contributed by atoms with E-state index in [1.165, 1.54) is 6.07 Å². The summed E-state index contributed by atoms with van der Waals surface area (Å²) in [5, 5.41) is 6.56. The number of carbonyl (C=O) groups is 1. The molecule has 0 atom stereocenters. The molecule has 0 bridgehead atoms. The number of nitrogens with two attached hydrogens (primary N) is 1. The van der Waals surface area contributed by atoms with Gasteiger partial charge in [-0.2, -0.15) is 4.98 Å². The SMILES string of the molecule is NC(=O)[C@H]1CC[C@H](n2c(Nc3c(F)cccc3Cl)nc3cnc(NC4COC4)nc32)CC1. The van der Waals surface area contributed by atoms with E-state index in [0.717, 1.165) is 12.8 Å². The molecule has 1 amide bonds. The second kappa shape index (κ2) is 8.51. The molecular formula is C21H23ClFN7O2. The standard InChI is InChI=1S/C21H23ClFN7O2/c22-14-2-1-3-15(23)17(14)28-21-27-16-8-25-20(26-12-9-32-10-12)29-19(16)30(21)13-6-4-11(5-7-13)18(24)31/h1-3,8,11-13H,4-7,9-10H2,(H2,24,31)(H,27,28)(H,25,26,29)/t11-,13-. The van der Waals surface area contributed by atoms with Crippen molar-refractivity contribution < 1.29 is 13.9 Å². The summed E-state index contributed by atoms with van der Waals surface area (Å²) in [6.45, 7) is 1.22. The van der Waals surface area contributed by atoms with Crippen LogP contribution in [0.25, 0.3) is 11.2 Å². The Labute approximate surface area is 188 Å². The fourth-order valence-corrected chi connectivity index (χ4v) is 4.45. The Morgan fingerprint density at radius 2 is 2.00 bits per heavy atom. The molecule has 11 heteroatoms. The average Bonchev–Trinajstić information content (AvgIpc) is 3.11. The van der Waals surface area contributed by atoms with Crippen LogP contribution in [0.3, 0.4) is 0 Å². The van der Waals surface area contributed by atoms with Crippen LogP contribution in [0, 0.1) is 11.7 Å². The van der Waals surface area contributed by atoms with Gasteiger partial charge in [0.05, 0.1) is 36.2 Å². The summed E-state index contributed by atoms with van der Waals surface area (Å²) in [4.78, 5) is 25.3. The molecule has 1 aliphatic heterocycles. The number of amides is 1. The Balaban J connectivity index is 1.54. The molecule has 1 aromatic carbocycles. The van der Waals surface area contributed by atoms with E-state index < -0.39 is 5.82 Å². The zero-order valence-corrected chi connectivity index (χ0v) is 18.0. The van der Waals surface area contributed by atoms with Crippen LogP contribution in [-0.4, -0.2) is 44.7 Å². The third kappa shape index (κ3) is 3.95. The molecule has 0 unspecified atom stereocenters. The van der Waals surface area contributed by atoms with Gasteiger partial charge in [-0.1, -0.05) is 17.7 Å². The van der Waals surface area contributed by atoms with Crippen LogP contribution in [0.15, 0.2) is 24.4 Å². The highest BCUT2D eigenvalue weighted by atomic mass is 35.5. The number of hydrogen-bond donors (Lipinski definition) is 3. The number of aromatic nitrogens is 4. The number of nitrogens with zero attached hydrogens (tertiary/aromatic N) is 4. The lowest BCUT2D eigenvalue weighted by Crippen LogP contribution is -2.40. The highest BCUT2D eigenvalue weighted by Gasteiger charge is 2.29. The molecule has 0 spiro atoms. The number of fused-ring (bicyclic) bond motifs is 1. The van der Waals surface area contributed by atoms with Gasteiger partial charge in [0.2, 0.25) is 17.8 Å². The zero-order valence-electron chi connectivity index (χ0n) is 17.2. The van der Waals surface area contributed by atoms with E-state index in [0.29, 0.717) is 49.1 Å². The van der Waals surface area contributed by atoms with Crippen LogP contribution < -0.4 is 16.4 Å². The summed E-state index contributed by atoms with van der Waals surface area (Å²) >= 11 is 6.23. The monoisotopic (exact) mass is 459 g/mol. The predicted molar refractivity (Wildman–Crippen MR) is 118 cm³/mol. The van der Waals surface area contributed by atoms with Gasteiger partial charge < -0.3 is 21.1 Å². The van der Waals surface area contributed by atoms with E-state index in [4.69, 9.17) is 27.1 Å². The van der Waals surface area contributed by atoms with Gasteiger partial charge in [0, 0.05) is 12.0 Å². The van der Waals surface area contributed by atoms with Crippen molar-refractivity contribution in [3.05, 3.63) is 35.2 Å². The summed E-state index contributed by atoms with van der Waals surface area (Å²) in [5.41, 5.74) is 6.86. The van der Waals surface area contributed by atoms with Crippen LogP contribution in [0.1, 0.15) is 31.7 Å². The number of primary amides is 1. The number of imidazole rings is 1. The number of rotatable bonds is 6. The Hall–Kier alpha value is -2.98. The van der Waals surface area contributed by atoms with Crippen molar-refractivity contribution in [1.29, 1.82) is 0 Å². The number of ether oxygens (including phenoxy) is 1. The smallest absolute Gasteiger partial charge is 0.225 e. The zero-order chi connectivity index (χ0) is 22.2. The topological polar surface area (TPSA) is 120 Å². The number of hydrogen-bond acceptors (Lipinski definition) is 7. The molecule has 5 rings (SSSR count). The first-order chi connectivity index (χ1) is 15.5. The van der Waals surface area contributed by atoms with Gasteiger partial charge in [-0.05, 0) is 37.8 Å². The maximum atomic E-state index is 14.5. The summed E-state index contributed by atoms with van der Waals surface area (Å²) in [6.07, 6.45) is 4.44. The third-order valence-electron chi connectivity index (χ3n) is 6.07. The van der Waals surface area contributed by atoms with E-state index in [1.54, 1.807) is 18.3 Å². The highest BCUT2D eigenvalue weighted by molar-refractivity contribution is 6.33. The van der Waals surface area contributed by atoms with Gasteiger partial charge in [-0.3, -0.25) is 9.36 Å². The van der Waals surface area contributed by atoms with Crippen LogP contribution in [-0.2, 0) is 9.53 Å². The van der Waals surface area contributed by atoms with Crippen molar-refractivity contribution in [3.63, 3.8) is 0 Å². The van der Waals surface area contributed by atoms with E-state index >= 15 is 0 Å². The van der Waals surface area contributed by atoms with Crippen molar-refractivity contribution in [3.8, 4) is 0 Å². The second-order valence-electron chi connectivity index (χ2n) is 8.22. The molecule has 168 valence electrons. The Morgan fingerprint density at radius 3 is 2.66 bits per heavy atom. The fourth-order valence-electron chi connectivity index (χ4n) is 4.24.